The first-order valence-corrected chi connectivity index (χ1v) is 7.08. The van der Waals surface area contributed by atoms with Crippen molar-refractivity contribution in [3.8, 4) is 5.75 Å². The largest absolute Gasteiger partial charge is 0.496 e. The highest BCUT2D eigenvalue weighted by Gasteiger charge is 2.16. The molecular formula is C15H12INO4. The summed E-state index contributed by atoms with van der Waals surface area (Å²) < 4.78 is 5.90. The molecule has 0 aliphatic carbocycles. The molecule has 0 unspecified atom stereocenters. The molecule has 0 saturated carbocycles. The van der Waals surface area contributed by atoms with Crippen LogP contribution in [0, 0.1) is 3.57 Å². The molecule has 0 radical (unpaired) electrons. The van der Waals surface area contributed by atoms with Gasteiger partial charge in [-0.2, -0.15) is 0 Å². The predicted molar refractivity (Wildman–Crippen MR) is 87.1 cm³/mol. The minimum Gasteiger partial charge on any atom is -0.496 e. The van der Waals surface area contributed by atoms with E-state index < -0.39 is 11.9 Å². The average molecular weight is 397 g/mol. The van der Waals surface area contributed by atoms with Gasteiger partial charge in [0.1, 0.15) is 5.75 Å². The molecule has 0 fully saturated rings. The quantitative estimate of drug-likeness (QED) is 0.777. The lowest BCUT2D eigenvalue weighted by atomic mass is 10.1. The SMILES string of the molecule is COc1ccccc1C(=O)Nc1ccc(I)cc1C(=O)O. The van der Waals surface area contributed by atoms with Crippen molar-refractivity contribution >= 4 is 40.2 Å². The summed E-state index contributed by atoms with van der Waals surface area (Å²) in [5.41, 5.74) is 0.638. The second-order valence-corrected chi connectivity index (χ2v) is 5.40. The van der Waals surface area contributed by atoms with Gasteiger partial charge < -0.3 is 15.2 Å². The van der Waals surface area contributed by atoms with Crippen molar-refractivity contribution < 1.29 is 19.4 Å². The van der Waals surface area contributed by atoms with Crippen LogP contribution in [0.3, 0.4) is 0 Å². The molecule has 1 amide bonds. The van der Waals surface area contributed by atoms with Crippen LogP contribution in [0.25, 0.3) is 0 Å². The van der Waals surface area contributed by atoms with E-state index in [0.29, 0.717) is 11.3 Å². The van der Waals surface area contributed by atoms with Gasteiger partial charge in [0.05, 0.1) is 23.9 Å². The van der Waals surface area contributed by atoms with Gasteiger partial charge in [0.25, 0.3) is 5.91 Å². The van der Waals surface area contributed by atoms with E-state index in [1.165, 1.54) is 13.2 Å². The second-order valence-electron chi connectivity index (χ2n) is 4.15. The highest BCUT2D eigenvalue weighted by molar-refractivity contribution is 14.1. The fourth-order valence-electron chi connectivity index (χ4n) is 1.82. The van der Waals surface area contributed by atoms with Gasteiger partial charge in [-0.05, 0) is 52.9 Å². The van der Waals surface area contributed by atoms with Crippen molar-refractivity contribution in [2.45, 2.75) is 0 Å². The first-order chi connectivity index (χ1) is 10.0. The van der Waals surface area contributed by atoms with E-state index >= 15 is 0 Å². The highest BCUT2D eigenvalue weighted by Crippen LogP contribution is 2.22. The number of carboxylic acid groups (broad SMARTS) is 1. The summed E-state index contributed by atoms with van der Waals surface area (Å²) in [4.78, 5) is 23.5. The Kier molecular flexibility index (Phi) is 4.79. The Hall–Kier alpha value is -2.09. The maximum absolute atomic E-state index is 12.3. The Morgan fingerprint density at radius 1 is 1.14 bits per heavy atom. The van der Waals surface area contributed by atoms with Gasteiger partial charge in [-0.15, -0.1) is 0 Å². The number of para-hydroxylation sites is 1. The van der Waals surface area contributed by atoms with Gasteiger partial charge in [0, 0.05) is 3.57 Å². The number of benzene rings is 2. The van der Waals surface area contributed by atoms with E-state index in [2.05, 4.69) is 5.32 Å². The van der Waals surface area contributed by atoms with E-state index in [9.17, 15) is 14.7 Å². The number of aromatic carboxylic acids is 1. The van der Waals surface area contributed by atoms with Gasteiger partial charge in [-0.3, -0.25) is 4.79 Å². The number of anilines is 1. The Labute approximate surface area is 135 Å². The molecule has 0 aliphatic heterocycles. The zero-order valence-electron chi connectivity index (χ0n) is 11.1. The molecule has 2 aromatic rings. The molecule has 0 aliphatic rings. The summed E-state index contributed by atoms with van der Waals surface area (Å²) in [5.74, 6) is -1.09. The molecule has 2 aromatic carbocycles. The highest BCUT2D eigenvalue weighted by atomic mass is 127. The molecule has 6 heteroatoms. The minimum absolute atomic E-state index is 0.0464. The molecule has 0 heterocycles. The summed E-state index contributed by atoms with van der Waals surface area (Å²) in [5, 5.41) is 11.8. The van der Waals surface area contributed by atoms with Crippen LogP contribution < -0.4 is 10.1 Å². The third-order valence-electron chi connectivity index (χ3n) is 2.81. The molecule has 0 bridgehead atoms. The zero-order valence-corrected chi connectivity index (χ0v) is 13.2. The van der Waals surface area contributed by atoms with E-state index in [-0.39, 0.29) is 11.3 Å². The maximum Gasteiger partial charge on any atom is 0.337 e. The Balaban J connectivity index is 2.34. The summed E-state index contributed by atoms with van der Waals surface area (Å²) in [6.07, 6.45) is 0. The van der Waals surface area contributed by atoms with Crippen LogP contribution in [0.1, 0.15) is 20.7 Å². The van der Waals surface area contributed by atoms with Gasteiger partial charge in [-0.1, -0.05) is 12.1 Å². The molecule has 0 spiro atoms. The van der Waals surface area contributed by atoms with Gasteiger partial charge in [0.15, 0.2) is 0 Å². The molecule has 0 saturated heterocycles. The van der Waals surface area contributed by atoms with E-state index in [1.54, 1.807) is 36.4 Å². The van der Waals surface area contributed by atoms with Crippen molar-refractivity contribution in [2.75, 3.05) is 12.4 Å². The number of hydrogen-bond donors (Lipinski definition) is 2. The standard InChI is InChI=1S/C15H12INO4/c1-21-13-5-3-2-4-10(13)14(18)17-12-7-6-9(16)8-11(12)15(19)20/h2-8H,1H3,(H,17,18)(H,19,20). The Morgan fingerprint density at radius 2 is 1.86 bits per heavy atom. The monoisotopic (exact) mass is 397 g/mol. The molecule has 21 heavy (non-hydrogen) atoms. The van der Waals surface area contributed by atoms with Gasteiger partial charge in [-0.25, -0.2) is 4.79 Å². The first-order valence-electron chi connectivity index (χ1n) is 6.00. The lowest BCUT2D eigenvalue weighted by Crippen LogP contribution is -2.15. The molecule has 0 atom stereocenters. The molecule has 108 valence electrons. The predicted octanol–water partition coefficient (Wildman–Crippen LogP) is 3.25. The van der Waals surface area contributed by atoms with Crippen molar-refractivity contribution in [1.29, 1.82) is 0 Å². The third-order valence-corrected chi connectivity index (χ3v) is 3.48. The second kappa shape index (κ2) is 6.57. The first kappa shape index (κ1) is 15.3. The number of carboxylic acids is 1. The van der Waals surface area contributed by atoms with Crippen LogP contribution in [0.2, 0.25) is 0 Å². The van der Waals surface area contributed by atoms with Crippen LogP contribution in [0.15, 0.2) is 42.5 Å². The van der Waals surface area contributed by atoms with Crippen LogP contribution in [-0.2, 0) is 0 Å². The smallest absolute Gasteiger partial charge is 0.337 e. The number of carbonyl (C=O) groups is 2. The zero-order chi connectivity index (χ0) is 15.4. The van der Waals surface area contributed by atoms with Crippen molar-refractivity contribution in [3.63, 3.8) is 0 Å². The lowest BCUT2D eigenvalue weighted by Gasteiger charge is -2.11. The van der Waals surface area contributed by atoms with Gasteiger partial charge in [0.2, 0.25) is 0 Å². The summed E-state index contributed by atoms with van der Waals surface area (Å²) in [6, 6.07) is 11.5. The van der Waals surface area contributed by atoms with Crippen LogP contribution in [0.4, 0.5) is 5.69 Å². The topological polar surface area (TPSA) is 75.6 Å². The summed E-state index contributed by atoms with van der Waals surface area (Å²) >= 11 is 2.02. The number of methoxy groups -OCH3 is 1. The van der Waals surface area contributed by atoms with Crippen molar-refractivity contribution in [2.24, 2.45) is 0 Å². The van der Waals surface area contributed by atoms with Crippen molar-refractivity contribution in [1.82, 2.24) is 0 Å². The maximum atomic E-state index is 12.3. The number of hydrogen-bond acceptors (Lipinski definition) is 3. The number of rotatable bonds is 4. The fourth-order valence-corrected chi connectivity index (χ4v) is 2.32. The molecule has 2 rings (SSSR count). The number of carbonyl (C=O) groups excluding carboxylic acids is 1. The number of halogens is 1. The Bertz CT molecular complexity index is 700. The normalized spacial score (nSPS) is 10.0. The fraction of sp³-hybridized carbons (Fsp3) is 0.0667. The lowest BCUT2D eigenvalue weighted by molar-refractivity contribution is 0.0698. The van der Waals surface area contributed by atoms with Crippen molar-refractivity contribution in [3.05, 3.63) is 57.2 Å². The number of amides is 1. The van der Waals surface area contributed by atoms with Crippen LogP contribution >= 0.6 is 22.6 Å². The number of ether oxygens (including phenoxy) is 1. The summed E-state index contributed by atoms with van der Waals surface area (Å²) in [6.45, 7) is 0. The van der Waals surface area contributed by atoms with Gasteiger partial charge >= 0.3 is 5.97 Å². The third kappa shape index (κ3) is 3.52. The molecule has 5 nitrogen and oxygen atoms in total. The minimum atomic E-state index is -1.09. The van der Waals surface area contributed by atoms with E-state index in [0.717, 1.165) is 3.57 Å². The summed E-state index contributed by atoms with van der Waals surface area (Å²) in [7, 11) is 1.47. The molecular weight excluding hydrogens is 385 g/mol. The van der Waals surface area contributed by atoms with E-state index in [1.807, 2.05) is 22.6 Å². The number of nitrogens with one attached hydrogen (secondary N) is 1. The van der Waals surface area contributed by atoms with Crippen LogP contribution in [-0.4, -0.2) is 24.1 Å². The molecule has 0 aromatic heterocycles. The van der Waals surface area contributed by atoms with E-state index in [4.69, 9.17) is 4.74 Å². The van der Waals surface area contributed by atoms with Crippen LogP contribution in [0.5, 0.6) is 5.75 Å². The molecule has 2 N–H and O–H groups in total. The average Bonchev–Trinajstić information content (AvgIpc) is 2.48. The Morgan fingerprint density at radius 3 is 2.52 bits per heavy atom.